The molecule has 17 heavy (non-hydrogen) atoms. The molecule has 0 saturated carbocycles. The zero-order chi connectivity index (χ0) is 12.8. The summed E-state index contributed by atoms with van der Waals surface area (Å²) in [5, 5.41) is 0. The molecule has 0 aromatic heterocycles. The normalized spacial score (nSPS) is 36.4. The van der Waals surface area contributed by atoms with Gasteiger partial charge in [0.1, 0.15) is 0 Å². The molecule has 0 aromatic carbocycles. The third-order valence-corrected chi connectivity index (χ3v) is 6.92. The van der Waals surface area contributed by atoms with E-state index in [1.165, 1.54) is 11.1 Å². The van der Waals surface area contributed by atoms with Crippen LogP contribution in [-0.4, -0.2) is 0 Å². The van der Waals surface area contributed by atoms with Gasteiger partial charge in [0.15, 0.2) is 0 Å². The summed E-state index contributed by atoms with van der Waals surface area (Å²) in [7, 11) is 0. The average molecular weight is 265 g/mol. The summed E-state index contributed by atoms with van der Waals surface area (Å²) in [5.74, 6) is 0. The molecular formula is C16H22V. The summed E-state index contributed by atoms with van der Waals surface area (Å²) < 4.78 is 0.650. The van der Waals surface area contributed by atoms with Crippen LogP contribution >= 0.6 is 0 Å². The molecule has 0 aliphatic heterocycles. The minimum absolute atomic E-state index is 0.197. The van der Waals surface area contributed by atoms with Crippen LogP contribution in [0.3, 0.4) is 0 Å². The Morgan fingerprint density at radius 2 is 1.12 bits per heavy atom. The van der Waals surface area contributed by atoms with E-state index >= 15 is 0 Å². The summed E-state index contributed by atoms with van der Waals surface area (Å²) in [4.78, 5) is 0. The zero-order valence-corrected chi connectivity index (χ0v) is 13.2. The second-order valence-electron chi connectivity index (χ2n) is 5.84. The van der Waals surface area contributed by atoms with E-state index in [0.717, 1.165) is 0 Å². The van der Waals surface area contributed by atoms with Crippen molar-refractivity contribution in [3.8, 4) is 0 Å². The first kappa shape index (κ1) is 13.0. The number of hydrogen-bond acceptors (Lipinski definition) is 0. The third-order valence-electron chi connectivity index (χ3n) is 3.97. The van der Waals surface area contributed by atoms with Gasteiger partial charge in [-0.2, -0.15) is 0 Å². The summed E-state index contributed by atoms with van der Waals surface area (Å²) in [6.45, 7) is 13.8. The molecule has 2 rings (SSSR count). The molecule has 0 fully saturated rings. The Hall–Kier alpha value is -0.456. The van der Waals surface area contributed by atoms with Crippen molar-refractivity contribution in [1.82, 2.24) is 0 Å². The molecule has 0 nitrogen and oxygen atoms in total. The van der Waals surface area contributed by atoms with Gasteiger partial charge in [-0.1, -0.05) is 0 Å². The van der Waals surface area contributed by atoms with Crippen LogP contribution in [0.1, 0.15) is 41.5 Å². The summed E-state index contributed by atoms with van der Waals surface area (Å²) in [5.41, 5.74) is 5.96. The molecule has 0 spiro atoms. The minimum atomic E-state index is 0.197. The van der Waals surface area contributed by atoms with Gasteiger partial charge >= 0.3 is 113 Å². The number of allylic oxidation sites excluding steroid dienone is 8. The van der Waals surface area contributed by atoms with Crippen molar-refractivity contribution >= 4 is 0 Å². The van der Waals surface area contributed by atoms with Gasteiger partial charge in [-0.05, 0) is 0 Å². The Kier molecular flexibility index (Phi) is 3.08. The maximum atomic E-state index is 2.47. The van der Waals surface area contributed by atoms with Gasteiger partial charge in [0, 0.05) is 0 Å². The Bertz CT molecular complexity index is 432. The van der Waals surface area contributed by atoms with Gasteiger partial charge in [0.25, 0.3) is 0 Å². The van der Waals surface area contributed by atoms with Crippen LogP contribution in [0, 0.1) is 0 Å². The second kappa shape index (κ2) is 4.04. The van der Waals surface area contributed by atoms with Crippen LogP contribution in [0.25, 0.3) is 0 Å². The fourth-order valence-electron chi connectivity index (χ4n) is 2.90. The molecule has 0 amide bonds. The van der Waals surface area contributed by atoms with Gasteiger partial charge in [0.05, 0.1) is 0 Å². The van der Waals surface area contributed by atoms with Gasteiger partial charge < -0.3 is 0 Å². The van der Waals surface area contributed by atoms with E-state index in [1.54, 1.807) is 11.1 Å². The molecule has 0 saturated heterocycles. The Morgan fingerprint density at radius 3 is 1.35 bits per heavy atom. The Morgan fingerprint density at radius 1 is 0.765 bits per heavy atom. The second-order valence-corrected chi connectivity index (χ2v) is 9.09. The molecule has 0 N–H and O–H groups in total. The fourth-order valence-corrected chi connectivity index (χ4v) is 5.99. The van der Waals surface area contributed by atoms with Crippen molar-refractivity contribution in [2.45, 2.75) is 49.8 Å². The molecule has 2 unspecified atom stereocenters. The van der Waals surface area contributed by atoms with Gasteiger partial charge in [-0.25, -0.2) is 0 Å². The van der Waals surface area contributed by atoms with Crippen LogP contribution < -0.4 is 0 Å². The van der Waals surface area contributed by atoms with E-state index in [2.05, 4.69) is 65.8 Å². The number of rotatable bonds is 2. The molecule has 2 aliphatic rings. The molecule has 0 heterocycles. The van der Waals surface area contributed by atoms with Crippen LogP contribution in [0.15, 0.2) is 46.6 Å². The summed E-state index contributed by atoms with van der Waals surface area (Å²) >= 11 is 0.197. The van der Waals surface area contributed by atoms with Crippen LogP contribution in [0.2, 0.25) is 8.25 Å². The van der Waals surface area contributed by atoms with Crippen LogP contribution in [0.5, 0.6) is 0 Å². The van der Waals surface area contributed by atoms with Crippen molar-refractivity contribution in [3.05, 3.63) is 46.6 Å². The van der Waals surface area contributed by atoms with Crippen molar-refractivity contribution in [3.63, 3.8) is 0 Å². The standard InChI is InChI=1S/2C8H11.V/c2*1-6-4-7(2)8(3)5-6;/h2*4-5H,1-3H3;. The Balaban J connectivity index is 2.30. The molecule has 0 radical (unpaired) electrons. The molecule has 0 bridgehead atoms. The fraction of sp³-hybridized carbons (Fsp3) is 0.500. The van der Waals surface area contributed by atoms with Gasteiger partial charge in [-0.15, -0.1) is 0 Å². The number of hydrogen-bond donors (Lipinski definition) is 0. The van der Waals surface area contributed by atoms with E-state index in [1.807, 2.05) is 0 Å². The van der Waals surface area contributed by atoms with Crippen LogP contribution in [0.4, 0.5) is 0 Å². The van der Waals surface area contributed by atoms with Gasteiger partial charge in [-0.3, -0.25) is 0 Å². The van der Waals surface area contributed by atoms with E-state index in [-0.39, 0.29) is 16.3 Å². The quantitative estimate of drug-likeness (QED) is 0.640. The molecule has 91 valence electrons. The topological polar surface area (TPSA) is 0 Å². The Labute approximate surface area is 113 Å². The van der Waals surface area contributed by atoms with Gasteiger partial charge in [0.2, 0.25) is 0 Å². The third kappa shape index (κ3) is 2.26. The first-order valence-electron chi connectivity index (χ1n) is 6.26. The predicted molar refractivity (Wildman–Crippen MR) is 71.8 cm³/mol. The summed E-state index contributed by atoms with van der Waals surface area (Å²) in [6, 6.07) is 0. The zero-order valence-electron chi connectivity index (χ0n) is 11.8. The molecule has 1 heteroatoms. The van der Waals surface area contributed by atoms with E-state index in [9.17, 15) is 0 Å². The first-order chi connectivity index (χ1) is 7.75. The molecule has 0 aromatic rings. The predicted octanol–water partition coefficient (Wildman–Crippen LogP) is 5.24. The first-order valence-corrected chi connectivity index (χ1v) is 7.65. The van der Waals surface area contributed by atoms with E-state index in [0.29, 0.717) is 8.25 Å². The maximum absolute atomic E-state index is 2.47. The molecule has 2 atom stereocenters. The SMILES string of the molecule is CC1=C[C](C)([V][C]2(C)C=C(C)C=C2C)C(C)=C1. The summed E-state index contributed by atoms with van der Waals surface area (Å²) in [6.07, 6.45) is 9.65. The van der Waals surface area contributed by atoms with Crippen molar-refractivity contribution in [1.29, 1.82) is 0 Å². The average Bonchev–Trinajstić information content (AvgIpc) is 2.51. The van der Waals surface area contributed by atoms with Crippen molar-refractivity contribution < 1.29 is 16.3 Å². The monoisotopic (exact) mass is 265 g/mol. The van der Waals surface area contributed by atoms with Crippen molar-refractivity contribution in [2.75, 3.05) is 0 Å². The molecular weight excluding hydrogens is 243 g/mol. The van der Waals surface area contributed by atoms with E-state index < -0.39 is 0 Å². The van der Waals surface area contributed by atoms with Crippen LogP contribution in [-0.2, 0) is 16.3 Å². The molecule has 2 aliphatic carbocycles. The van der Waals surface area contributed by atoms with E-state index in [4.69, 9.17) is 0 Å². The van der Waals surface area contributed by atoms with Crippen molar-refractivity contribution in [2.24, 2.45) is 0 Å².